The van der Waals surface area contributed by atoms with E-state index in [4.69, 9.17) is 0 Å². The molecular formula is C27H27FN4O4. The minimum absolute atomic E-state index is 0.0116. The van der Waals surface area contributed by atoms with Gasteiger partial charge in [-0.25, -0.2) is 19.2 Å². The molecule has 1 saturated heterocycles. The van der Waals surface area contributed by atoms with Crippen LogP contribution in [0.2, 0.25) is 0 Å². The summed E-state index contributed by atoms with van der Waals surface area (Å²) < 4.78 is 13.1. The Kier molecular flexibility index (Phi) is 7.61. The zero-order valence-corrected chi connectivity index (χ0v) is 19.9. The Labute approximate surface area is 208 Å². The summed E-state index contributed by atoms with van der Waals surface area (Å²) in [7, 11) is 0. The van der Waals surface area contributed by atoms with Crippen molar-refractivity contribution in [3.05, 3.63) is 83.2 Å². The van der Waals surface area contributed by atoms with Gasteiger partial charge in [0.1, 0.15) is 30.3 Å². The Morgan fingerprint density at radius 1 is 1.08 bits per heavy atom. The summed E-state index contributed by atoms with van der Waals surface area (Å²) in [4.78, 5) is 34.9. The first-order valence-electron chi connectivity index (χ1n) is 11.7. The highest BCUT2D eigenvalue weighted by Crippen LogP contribution is 2.34. The number of aryl methyl sites for hydroxylation is 1. The number of hydrogen-bond acceptors (Lipinski definition) is 7. The Hall–Kier alpha value is -4.23. The Bertz CT molecular complexity index is 1270. The number of piperidine rings is 1. The Morgan fingerprint density at radius 2 is 1.69 bits per heavy atom. The first-order chi connectivity index (χ1) is 17.4. The summed E-state index contributed by atoms with van der Waals surface area (Å²) in [5.41, 5.74) is 3.67. The molecule has 9 heteroatoms. The number of aromatic hydroxyl groups is 1. The molecule has 0 radical (unpaired) electrons. The molecule has 1 aliphatic heterocycles. The van der Waals surface area contributed by atoms with E-state index in [-0.39, 0.29) is 29.0 Å². The van der Waals surface area contributed by atoms with Crippen molar-refractivity contribution in [2.45, 2.75) is 26.2 Å². The fourth-order valence-corrected chi connectivity index (χ4v) is 4.49. The molecule has 4 rings (SSSR count). The van der Waals surface area contributed by atoms with Crippen LogP contribution in [0.5, 0.6) is 5.75 Å². The van der Waals surface area contributed by atoms with Gasteiger partial charge >= 0.3 is 5.97 Å². The van der Waals surface area contributed by atoms with E-state index in [2.05, 4.69) is 27.0 Å². The molecule has 2 aromatic carbocycles. The number of anilines is 2. The number of aromatic nitrogens is 2. The van der Waals surface area contributed by atoms with Gasteiger partial charge in [0.2, 0.25) is 0 Å². The average Bonchev–Trinajstić information content (AvgIpc) is 2.88. The van der Waals surface area contributed by atoms with Crippen LogP contribution in [0, 0.1) is 18.7 Å². The predicted octanol–water partition coefficient (Wildman–Crippen LogP) is 3.74. The second kappa shape index (κ2) is 11.0. The minimum Gasteiger partial charge on any atom is -0.503 e. The van der Waals surface area contributed by atoms with Gasteiger partial charge < -0.3 is 20.0 Å². The first kappa shape index (κ1) is 24.9. The van der Waals surface area contributed by atoms with E-state index in [9.17, 15) is 24.2 Å². The summed E-state index contributed by atoms with van der Waals surface area (Å²) in [6, 6.07) is 14.7. The number of nitrogens with zero attached hydrogens (tertiary/aromatic N) is 4. The van der Waals surface area contributed by atoms with Crippen LogP contribution in [-0.2, 0) is 16.0 Å². The standard InChI is InChI=1S/C27H27FN4O4/c1-18-26(36)27(30-17-29-18)32(15-25(34)35)24(16-33)21-10-12-31(13-11-21)23-8-4-20(5-9-23)14-19-2-6-22(28)7-3-19/h2-9,17,21,36H,10-15H2,1H3,(H,34,35). The van der Waals surface area contributed by atoms with Gasteiger partial charge in [-0.05, 0) is 61.6 Å². The van der Waals surface area contributed by atoms with Crippen molar-refractivity contribution < 1.29 is 24.2 Å². The van der Waals surface area contributed by atoms with Gasteiger partial charge in [-0.2, -0.15) is 0 Å². The smallest absolute Gasteiger partial charge is 0.323 e. The number of carbonyl (C=O) groups excluding carboxylic acids is 1. The molecule has 36 heavy (non-hydrogen) atoms. The van der Waals surface area contributed by atoms with Crippen molar-refractivity contribution in [1.29, 1.82) is 0 Å². The van der Waals surface area contributed by atoms with Gasteiger partial charge in [-0.1, -0.05) is 24.3 Å². The molecule has 0 unspecified atom stereocenters. The SMILES string of the molecule is Cc1ncnc(N(CC(=O)O)C(=C=O)C2CCN(c3ccc(Cc4ccc(F)cc4)cc3)CC2)c1O. The zero-order valence-electron chi connectivity index (χ0n) is 19.9. The fraction of sp³-hybridized carbons (Fsp3) is 0.296. The third-order valence-corrected chi connectivity index (χ3v) is 6.43. The molecule has 0 spiro atoms. The van der Waals surface area contributed by atoms with Crippen molar-refractivity contribution in [2.75, 3.05) is 29.4 Å². The van der Waals surface area contributed by atoms with Crippen LogP contribution in [0.1, 0.15) is 29.7 Å². The highest BCUT2D eigenvalue weighted by molar-refractivity contribution is 5.78. The van der Waals surface area contributed by atoms with Gasteiger partial charge in [-0.15, -0.1) is 0 Å². The van der Waals surface area contributed by atoms with Crippen LogP contribution in [-0.4, -0.2) is 51.7 Å². The number of allylic oxidation sites excluding steroid dienone is 1. The lowest BCUT2D eigenvalue weighted by Crippen LogP contribution is -2.39. The van der Waals surface area contributed by atoms with Crippen molar-refractivity contribution in [3.8, 4) is 5.75 Å². The van der Waals surface area contributed by atoms with Gasteiger partial charge in [-0.3, -0.25) is 4.79 Å². The van der Waals surface area contributed by atoms with E-state index in [1.165, 1.54) is 23.4 Å². The fourth-order valence-electron chi connectivity index (χ4n) is 4.49. The zero-order chi connectivity index (χ0) is 25.7. The highest BCUT2D eigenvalue weighted by Gasteiger charge is 2.31. The van der Waals surface area contributed by atoms with Gasteiger partial charge in [0.15, 0.2) is 11.6 Å². The van der Waals surface area contributed by atoms with Crippen LogP contribution >= 0.6 is 0 Å². The largest absolute Gasteiger partial charge is 0.503 e. The van der Waals surface area contributed by atoms with Crippen LogP contribution in [0.3, 0.4) is 0 Å². The maximum atomic E-state index is 13.1. The molecule has 0 saturated carbocycles. The number of rotatable bonds is 8. The summed E-state index contributed by atoms with van der Waals surface area (Å²) >= 11 is 0. The maximum absolute atomic E-state index is 13.1. The quantitative estimate of drug-likeness (QED) is 0.460. The lowest BCUT2D eigenvalue weighted by Gasteiger charge is -2.36. The monoisotopic (exact) mass is 490 g/mol. The van der Waals surface area contributed by atoms with Crippen LogP contribution < -0.4 is 9.80 Å². The molecule has 186 valence electrons. The van der Waals surface area contributed by atoms with E-state index < -0.39 is 12.5 Å². The molecule has 0 aliphatic carbocycles. The number of carboxylic acid groups (broad SMARTS) is 1. The second-order valence-electron chi connectivity index (χ2n) is 8.83. The number of carboxylic acids is 1. The number of aliphatic carboxylic acids is 1. The summed E-state index contributed by atoms with van der Waals surface area (Å²) in [6.45, 7) is 2.39. The molecule has 0 amide bonds. The van der Waals surface area contributed by atoms with Gasteiger partial charge in [0, 0.05) is 24.7 Å². The topological polar surface area (TPSA) is 107 Å². The molecule has 0 bridgehead atoms. The van der Waals surface area contributed by atoms with E-state index in [0.29, 0.717) is 38.0 Å². The summed E-state index contributed by atoms with van der Waals surface area (Å²) in [6.07, 6.45) is 3.17. The first-order valence-corrected chi connectivity index (χ1v) is 11.7. The van der Waals surface area contributed by atoms with Crippen LogP contribution in [0.15, 0.2) is 60.6 Å². The number of halogens is 1. The lowest BCUT2D eigenvalue weighted by atomic mass is 9.92. The Balaban J connectivity index is 1.43. The molecule has 1 aliphatic rings. The van der Waals surface area contributed by atoms with E-state index in [1.807, 2.05) is 18.1 Å². The molecule has 8 nitrogen and oxygen atoms in total. The van der Waals surface area contributed by atoms with Gasteiger partial charge in [0.05, 0.1) is 5.69 Å². The normalized spacial score (nSPS) is 13.8. The third-order valence-electron chi connectivity index (χ3n) is 6.43. The van der Waals surface area contributed by atoms with E-state index in [1.54, 1.807) is 19.1 Å². The molecular weight excluding hydrogens is 463 g/mol. The molecule has 0 atom stereocenters. The van der Waals surface area contributed by atoms with Crippen molar-refractivity contribution >= 4 is 23.4 Å². The highest BCUT2D eigenvalue weighted by atomic mass is 19.1. The van der Waals surface area contributed by atoms with Crippen LogP contribution in [0.25, 0.3) is 0 Å². The van der Waals surface area contributed by atoms with Crippen LogP contribution in [0.4, 0.5) is 15.9 Å². The predicted molar refractivity (Wildman–Crippen MR) is 133 cm³/mol. The second-order valence-corrected chi connectivity index (χ2v) is 8.83. The molecule has 1 fully saturated rings. The number of benzene rings is 2. The van der Waals surface area contributed by atoms with E-state index >= 15 is 0 Å². The number of hydrogen-bond donors (Lipinski definition) is 2. The Morgan fingerprint density at radius 3 is 2.28 bits per heavy atom. The number of carbonyl (C=O) groups is 1. The lowest BCUT2D eigenvalue weighted by molar-refractivity contribution is -0.135. The molecule has 2 heterocycles. The third kappa shape index (κ3) is 5.70. The van der Waals surface area contributed by atoms with Crippen molar-refractivity contribution in [1.82, 2.24) is 9.97 Å². The molecule has 3 aromatic rings. The molecule has 2 N–H and O–H groups in total. The maximum Gasteiger partial charge on any atom is 0.323 e. The van der Waals surface area contributed by atoms with E-state index in [0.717, 1.165) is 16.8 Å². The van der Waals surface area contributed by atoms with Gasteiger partial charge in [0.25, 0.3) is 0 Å². The summed E-state index contributed by atoms with van der Waals surface area (Å²) in [5.74, 6) is 0.0188. The molecule has 1 aromatic heterocycles. The van der Waals surface area contributed by atoms with Crippen molar-refractivity contribution in [3.63, 3.8) is 0 Å². The summed E-state index contributed by atoms with van der Waals surface area (Å²) in [5, 5.41) is 19.8. The van der Waals surface area contributed by atoms with Crippen molar-refractivity contribution in [2.24, 2.45) is 5.92 Å². The minimum atomic E-state index is -1.16. The average molecular weight is 491 g/mol.